The van der Waals surface area contributed by atoms with Gasteiger partial charge in [-0.1, -0.05) is 18.2 Å². The van der Waals surface area contributed by atoms with Crippen molar-refractivity contribution >= 4 is 29.4 Å². The Hall–Kier alpha value is -2.30. The normalized spacial score (nSPS) is 10.9. The third-order valence-electron chi connectivity index (χ3n) is 1.95. The van der Waals surface area contributed by atoms with Crippen LogP contribution >= 0.6 is 0 Å². The lowest BCUT2D eigenvalue weighted by Crippen LogP contribution is -1.95. The number of aromatic nitrogens is 2. The highest BCUT2D eigenvalue weighted by atomic mass is 15.1. The van der Waals surface area contributed by atoms with Crippen LogP contribution in [0, 0.1) is 5.41 Å². The summed E-state index contributed by atoms with van der Waals surface area (Å²) in [6.07, 6.45) is 2.32. The van der Waals surface area contributed by atoms with Crippen LogP contribution in [0.2, 0.25) is 0 Å². The van der Waals surface area contributed by atoms with Crippen LogP contribution in [0.3, 0.4) is 0 Å². The molecule has 0 saturated heterocycles. The zero-order chi connectivity index (χ0) is 10.7. The predicted molar refractivity (Wildman–Crippen MR) is 59.8 cm³/mol. The van der Waals surface area contributed by atoms with Crippen molar-refractivity contribution in [3.05, 3.63) is 30.0 Å². The smallest absolute Gasteiger partial charge is 0.251 e. The van der Waals surface area contributed by atoms with E-state index in [2.05, 4.69) is 15.0 Å². The number of nitrogens with one attached hydrogen (secondary N) is 1. The van der Waals surface area contributed by atoms with Crippen LogP contribution in [-0.2, 0) is 0 Å². The number of benzene rings is 1. The third kappa shape index (κ3) is 1.67. The second kappa shape index (κ2) is 3.83. The first kappa shape index (κ1) is 9.26. The van der Waals surface area contributed by atoms with Gasteiger partial charge in [-0.15, -0.1) is 0 Å². The van der Waals surface area contributed by atoms with Crippen molar-refractivity contribution in [3.8, 4) is 0 Å². The Kier molecular flexibility index (Phi) is 2.37. The molecular weight excluding hydrogens is 190 g/mol. The minimum atomic E-state index is 0.273. The molecule has 2 rings (SSSR count). The number of hydrogen-bond donors (Lipinski definition) is 2. The predicted octanol–water partition coefficient (Wildman–Crippen LogP) is 1.25. The van der Waals surface area contributed by atoms with E-state index < -0.39 is 0 Å². The van der Waals surface area contributed by atoms with Crippen LogP contribution in [0.25, 0.3) is 10.9 Å². The fraction of sp³-hybridized carbons (Fsp3) is 0. The summed E-state index contributed by atoms with van der Waals surface area (Å²) in [7, 11) is 0. The number of nitrogens with zero attached hydrogens (tertiary/aromatic N) is 3. The van der Waals surface area contributed by atoms with E-state index in [-0.39, 0.29) is 5.95 Å². The van der Waals surface area contributed by atoms with Gasteiger partial charge >= 0.3 is 0 Å². The Bertz CT molecular complexity index is 532. The van der Waals surface area contributed by atoms with E-state index in [9.17, 15) is 0 Å². The van der Waals surface area contributed by atoms with E-state index in [1.54, 1.807) is 0 Å². The molecule has 0 radical (unpaired) electrons. The van der Waals surface area contributed by atoms with Gasteiger partial charge in [0.25, 0.3) is 5.95 Å². The van der Waals surface area contributed by atoms with Crippen molar-refractivity contribution in [1.82, 2.24) is 9.97 Å². The molecule has 0 fully saturated rings. The van der Waals surface area contributed by atoms with E-state index in [0.717, 1.165) is 17.2 Å². The Morgan fingerprint density at radius 3 is 2.80 bits per heavy atom. The maximum atomic E-state index is 7.26. The lowest BCUT2D eigenvalue weighted by molar-refractivity contribution is 1.17. The highest BCUT2D eigenvalue weighted by Crippen LogP contribution is 2.16. The second-order valence-corrected chi connectivity index (χ2v) is 2.85. The summed E-state index contributed by atoms with van der Waals surface area (Å²) < 4.78 is 0. The molecule has 0 saturated carbocycles. The van der Waals surface area contributed by atoms with Crippen molar-refractivity contribution < 1.29 is 0 Å². The second-order valence-electron chi connectivity index (χ2n) is 2.85. The van der Waals surface area contributed by atoms with E-state index >= 15 is 0 Å². The number of para-hydroxylation sites is 1. The Morgan fingerprint density at radius 2 is 2.07 bits per heavy atom. The highest BCUT2D eigenvalue weighted by molar-refractivity contribution is 5.95. The summed E-state index contributed by atoms with van der Waals surface area (Å²) in [5, 5.41) is 8.09. The van der Waals surface area contributed by atoms with E-state index in [1.165, 1.54) is 6.21 Å². The zero-order valence-corrected chi connectivity index (χ0v) is 7.88. The maximum absolute atomic E-state index is 7.26. The van der Waals surface area contributed by atoms with Crippen molar-refractivity contribution in [2.45, 2.75) is 0 Å². The molecular formula is C10H9N5. The molecule has 74 valence electrons. The van der Waals surface area contributed by atoms with E-state index in [1.807, 2.05) is 24.3 Å². The van der Waals surface area contributed by atoms with Crippen LogP contribution in [0.5, 0.6) is 0 Å². The van der Waals surface area contributed by atoms with Crippen molar-refractivity contribution in [2.24, 2.45) is 10.7 Å². The Balaban J connectivity index is 2.76. The Morgan fingerprint density at radius 1 is 1.27 bits per heavy atom. The van der Waals surface area contributed by atoms with E-state index in [0.29, 0.717) is 5.69 Å². The quantitative estimate of drug-likeness (QED) is 0.563. The van der Waals surface area contributed by atoms with Gasteiger partial charge in [-0.25, -0.2) is 15.0 Å². The molecule has 0 amide bonds. The molecule has 5 nitrogen and oxygen atoms in total. The molecule has 2 aromatic rings. The van der Waals surface area contributed by atoms with Crippen LogP contribution < -0.4 is 5.73 Å². The summed E-state index contributed by atoms with van der Waals surface area (Å²) in [6, 6.07) is 7.47. The van der Waals surface area contributed by atoms with Gasteiger partial charge in [0.15, 0.2) is 0 Å². The molecule has 0 aliphatic carbocycles. The van der Waals surface area contributed by atoms with Gasteiger partial charge in [0.2, 0.25) is 0 Å². The number of rotatable bonds is 2. The van der Waals surface area contributed by atoms with Gasteiger partial charge in [-0.05, 0) is 6.07 Å². The fourth-order valence-electron chi connectivity index (χ4n) is 1.32. The minimum Gasteiger partial charge on any atom is -0.390 e. The molecule has 1 aromatic carbocycles. The average Bonchev–Trinajstić information content (AvgIpc) is 2.28. The molecule has 1 aromatic heterocycles. The van der Waals surface area contributed by atoms with Gasteiger partial charge in [0.1, 0.15) is 0 Å². The maximum Gasteiger partial charge on any atom is 0.251 e. The third-order valence-corrected chi connectivity index (χ3v) is 1.95. The lowest BCUT2D eigenvalue weighted by Gasteiger charge is -2.00. The first-order valence-electron chi connectivity index (χ1n) is 4.36. The summed E-state index contributed by atoms with van der Waals surface area (Å²) in [5.41, 5.74) is 6.47. The molecule has 5 heteroatoms. The van der Waals surface area contributed by atoms with E-state index in [4.69, 9.17) is 11.1 Å². The summed E-state index contributed by atoms with van der Waals surface area (Å²) in [5.74, 6) is 0.273. The summed E-state index contributed by atoms with van der Waals surface area (Å²) in [6.45, 7) is 0. The van der Waals surface area contributed by atoms with Crippen LogP contribution in [0.1, 0.15) is 5.69 Å². The Labute approximate surface area is 86.2 Å². The van der Waals surface area contributed by atoms with Gasteiger partial charge < -0.3 is 11.1 Å². The topological polar surface area (TPSA) is 88.0 Å². The summed E-state index contributed by atoms with van der Waals surface area (Å²) in [4.78, 5) is 12.1. The van der Waals surface area contributed by atoms with Crippen molar-refractivity contribution in [1.29, 1.82) is 5.41 Å². The minimum absolute atomic E-state index is 0.273. The first-order chi connectivity index (χ1) is 7.35. The molecule has 0 unspecified atom stereocenters. The molecule has 0 spiro atoms. The highest BCUT2D eigenvalue weighted by Gasteiger charge is 2.03. The number of fused-ring (bicyclic) bond motifs is 1. The van der Waals surface area contributed by atoms with Gasteiger partial charge in [-0.3, -0.25) is 0 Å². The molecule has 15 heavy (non-hydrogen) atoms. The lowest BCUT2D eigenvalue weighted by atomic mass is 10.2. The molecule has 0 bridgehead atoms. The van der Waals surface area contributed by atoms with Crippen LogP contribution in [0.15, 0.2) is 29.3 Å². The van der Waals surface area contributed by atoms with Crippen LogP contribution in [-0.4, -0.2) is 22.5 Å². The van der Waals surface area contributed by atoms with Gasteiger partial charge in [0.05, 0.1) is 17.5 Å². The fourth-order valence-corrected chi connectivity index (χ4v) is 1.32. The molecule has 0 aliphatic heterocycles. The first-order valence-corrected chi connectivity index (χ1v) is 4.36. The molecule has 0 atom stereocenters. The summed E-state index contributed by atoms with van der Waals surface area (Å²) >= 11 is 0. The van der Waals surface area contributed by atoms with Crippen molar-refractivity contribution in [3.63, 3.8) is 0 Å². The number of aliphatic imine (C=N–C) groups is 1. The van der Waals surface area contributed by atoms with Gasteiger partial charge in [0, 0.05) is 11.6 Å². The molecule has 3 N–H and O–H groups in total. The largest absolute Gasteiger partial charge is 0.390 e. The number of hydrogen-bond acceptors (Lipinski definition) is 4. The molecule has 0 aliphatic rings. The van der Waals surface area contributed by atoms with Crippen LogP contribution in [0.4, 0.5) is 5.95 Å². The van der Waals surface area contributed by atoms with Crippen molar-refractivity contribution in [2.75, 3.05) is 0 Å². The average molecular weight is 199 g/mol. The number of nitrogens with two attached hydrogens (primary N) is 1. The molecule has 1 heterocycles. The zero-order valence-electron chi connectivity index (χ0n) is 7.88. The standard InChI is InChI=1S/C10H9N5/c11-5-9-7-3-1-2-4-8(7)14-10(15-9)13-6-12/h1-6,11H,(H2,12,13,14,15). The monoisotopic (exact) mass is 199 g/mol. The SMILES string of the molecule is N=Cc1nc(N=CN)nc2ccccc12. The van der Waals surface area contributed by atoms with Gasteiger partial charge in [-0.2, -0.15) is 0 Å².